The minimum atomic E-state index is 0. The second-order valence-electron chi connectivity index (χ2n) is 4.08. The maximum atomic E-state index is 11.9. The van der Waals surface area contributed by atoms with Crippen molar-refractivity contribution in [2.45, 2.75) is 31.4 Å². The summed E-state index contributed by atoms with van der Waals surface area (Å²) in [5.74, 6) is 0.266. The highest BCUT2D eigenvalue weighted by atomic mass is 35.5. The quantitative estimate of drug-likeness (QED) is 0.753. The number of hydrogen-bond acceptors (Lipinski definition) is 3. The molecule has 0 saturated carbocycles. The number of carbonyl (C=O) groups is 1. The molecule has 0 aromatic carbocycles. The van der Waals surface area contributed by atoms with Gasteiger partial charge in [0.25, 0.3) is 0 Å². The van der Waals surface area contributed by atoms with Gasteiger partial charge in [-0.25, -0.2) is 0 Å². The molecule has 0 radical (unpaired) electrons. The summed E-state index contributed by atoms with van der Waals surface area (Å²) in [5.41, 5.74) is 0. The third-order valence-electron chi connectivity index (χ3n) is 3.15. The number of halogens is 1. The van der Waals surface area contributed by atoms with Crippen molar-refractivity contribution in [2.75, 3.05) is 26.7 Å². The van der Waals surface area contributed by atoms with Gasteiger partial charge in [0.2, 0.25) is 5.91 Å². The third kappa shape index (κ3) is 2.83. The zero-order chi connectivity index (χ0) is 9.97. The van der Waals surface area contributed by atoms with Crippen molar-refractivity contribution in [1.29, 1.82) is 0 Å². The van der Waals surface area contributed by atoms with Crippen LogP contribution in [0.2, 0.25) is 0 Å². The molecule has 88 valence electrons. The van der Waals surface area contributed by atoms with E-state index in [-0.39, 0.29) is 30.5 Å². The topological polar surface area (TPSA) is 41.6 Å². The summed E-state index contributed by atoms with van der Waals surface area (Å²) in [6, 6.07) is 0.0746. The first-order valence-electron chi connectivity index (χ1n) is 5.36. The molecule has 0 unspecified atom stereocenters. The summed E-state index contributed by atoms with van der Waals surface area (Å²) in [7, 11) is 1.71. The largest absolute Gasteiger partial charge is 0.380 e. The van der Waals surface area contributed by atoms with E-state index in [0.29, 0.717) is 0 Å². The van der Waals surface area contributed by atoms with Crippen LogP contribution in [0.3, 0.4) is 0 Å². The van der Waals surface area contributed by atoms with Gasteiger partial charge in [-0.3, -0.25) is 4.79 Å². The van der Waals surface area contributed by atoms with Crippen molar-refractivity contribution in [3.63, 3.8) is 0 Å². The molecule has 0 aromatic heterocycles. The van der Waals surface area contributed by atoms with Gasteiger partial charge in [-0.15, -0.1) is 12.4 Å². The number of ether oxygens (including phenoxy) is 1. The van der Waals surface area contributed by atoms with Crippen LogP contribution in [0.1, 0.15) is 19.3 Å². The first kappa shape index (κ1) is 12.7. The van der Waals surface area contributed by atoms with Crippen molar-refractivity contribution < 1.29 is 9.53 Å². The number of nitrogens with zero attached hydrogens (tertiary/aromatic N) is 1. The van der Waals surface area contributed by atoms with Crippen LogP contribution in [0, 0.1) is 0 Å². The molecule has 2 saturated heterocycles. The normalized spacial score (nSPS) is 30.3. The molecule has 5 heteroatoms. The molecule has 2 fully saturated rings. The fourth-order valence-electron chi connectivity index (χ4n) is 2.24. The van der Waals surface area contributed by atoms with E-state index in [0.717, 1.165) is 38.9 Å². The number of methoxy groups -OCH3 is 1. The first-order chi connectivity index (χ1) is 6.81. The van der Waals surface area contributed by atoms with Crippen molar-refractivity contribution >= 4 is 18.3 Å². The van der Waals surface area contributed by atoms with Crippen molar-refractivity contribution in [3.8, 4) is 0 Å². The van der Waals surface area contributed by atoms with Gasteiger partial charge in [0.15, 0.2) is 0 Å². The molecule has 2 aliphatic heterocycles. The van der Waals surface area contributed by atoms with E-state index >= 15 is 0 Å². The number of carbonyl (C=O) groups excluding carboxylic acids is 1. The standard InChI is InChI=1S/C10H18N2O2.ClH/c1-14-8-4-6-12(7-8)10(13)9-3-2-5-11-9;/h8-9,11H,2-7H2,1H3;1H/t8-,9-;/m1./s1. The Balaban J connectivity index is 0.00000112. The highest BCUT2D eigenvalue weighted by Gasteiger charge is 2.31. The van der Waals surface area contributed by atoms with E-state index < -0.39 is 0 Å². The Hall–Kier alpha value is -0.320. The Bertz CT molecular complexity index is 219. The van der Waals surface area contributed by atoms with Crippen LogP contribution >= 0.6 is 12.4 Å². The molecule has 0 aliphatic carbocycles. The van der Waals surface area contributed by atoms with Crippen LogP contribution in [-0.4, -0.2) is 49.7 Å². The average Bonchev–Trinajstić information content (AvgIpc) is 2.88. The van der Waals surface area contributed by atoms with E-state index in [4.69, 9.17) is 4.74 Å². The van der Waals surface area contributed by atoms with Gasteiger partial charge in [-0.2, -0.15) is 0 Å². The molecular formula is C10H19ClN2O2. The van der Waals surface area contributed by atoms with E-state index in [2.05, 4.69) is 5.32 Å². The van der Waals surface area contributed by atoms with Crippen LogP contribution in [0.5, 0.6) is 0 Å². The summed E-state index contributed by atoms with van der Waals surface area (Å²) in [4.78, 5) is 13.8. The number of amides is 1. The highest BCUT2D eigenvalue weighted by molar-refractivity contribution is 5.85. The minimum absolute atomic E-state index is 0. The Morgan fingerprint density at radius 1 is 1.47 bits per heavy atom. The molecule has 0 spiro atoms. The fraction of sp³-hybridized carbons (Fsp3) is 0.900. The summed E-state index contributed by atoms with van der Waals surface area (Å²) >= 11 is 0. The maximum Gasteiger partial charge on any atom is 0.239 e. The summed E-state index contributed by atoms with van der Waals surface area (Å²) in [6.07, 6.45) is 3.35. The molecule has 0 bridgehead atoms. The predicted molar refractivity (Wildman–Crippen MR) is 60.3 cm³/mol. The van der Waals surface area contributed by atoms with Crippen LogP contribution in [0.4, 0.5) is 0 Å². The zero-order valence-corrected chi connectivity index (χ0v) is 9.89. The SMILES string of the molecule is CO[C@@H]1CCN(C(=O)[C@H]2CCCN2)C1.Cl. The Morgan fingerprint density at radius 3 is 2.80 bits per heavy atom. The molecule has 2 heterocycles. The highest BCUT2D eigenvalue weighted by Crippen LogP contribution is 2.16. The Kier molecular flexibility index (Phi) is 4.83. The minimum Gasteiger partial charge on any atom is -0.380 e. The Morgan fingerprint density at radius 2 is 2.27 bits per heavy atom. The maximum absolute atomic E-state index is 11.9. The molecule has 0 aromatic rings. The van der Waals surface area contributed by atoms with E-state index in [1.54, 1.807) is 7.11 Å². The molecular weight excluding hydrogens is 216 g/mol. The van der Waals surface area contributed by atoms with Gasteiger partial charge in [-0.05, 0) is 25.8 Å². The van der Waals surface area contributed by atoms with E-state index in [1.165, 1.54) is 0 Å². The molecule has 2 atom stereocenters. The van der Waals surface area contributed by atoms with Crippen molar-refractivity contribution in [3.05, 3.63) is 0 Å². The van der Waals surface area contributed by atoms with Crippen LogP contribution in [0.25, 0.3) is 0 Å². The van der Waals surface area contributed by atoms with Gasteiger partial charge >= 0.3 is 0 Å². The third-order valence-corrected chi connectivity index (χ3v) is 3.15. The molecule has 1 N–H and O–H groups in total. The van der Waals surface area contributed by atoms with E-state index in [1.807, 2.05) is 4.90 Å². The number of hydrogen-bond donors (Lipinski definition) is 1. The number of rotatable bonds is 2. The summed E-state index contributed by atoms with van der Waals surface area (Å²) in [5, 5.41) is 3.23. The first-order valence-corrected chi connectivity index (χ1v) is 5.36. The van der Waals surface area contributed by atoms with Crippen molar-refractivity contribution in [2.24, 2.45) is 0 Å². The van der Waals surface area contributed by atoms with Crippen LogP contribution in [0.15, 0.2) is 0 Å². The lowest BCUT2D eigenvalue weighted by Crippen LogP contribution is -2.42. The fourth-order valence-corrected chi connectivity index (χ4v) is 2.24. The van der Waals surface area contributed by atoms with Gasteiger partial charge in [0.1, 0.15) is 0 Å². The van der Waals surface area contributed by atoms with Crippen LogP contribution < -0.4 is 5.32 Å². The summed E-state index contributed by atoms with van der Waals surface area (Å²) < 4.78 is 5.24. The molecule has 1 amide bonds. The Labute approximate surface area is 96.7 Å². The lowest BCUT2D eigenvalue weighted by molar-refractivity contribution is -0.132. The van der Waals surface area contributed by atoms with E-state index in [9.17, 15) is 4.79 Å². The smallest absolute Gasteiger partial charge is 0.239 e. The summed E-state index contributed by atoms with van der Waals surface area (Å²) in [6.45, 7) is 2.61. The predicted octanol–water partition coefficient (Wildman–Crippen LogP) is 0.407. The van der Waals surface area contributed by atoms with Gasteiger partial charge in [-0.1, -0.05) is 0 Å². The lowest BCUT2D eigenvalue weighted by Gasteiger charge is -2.20. The number of nitrogens with one attached hydrogen (secondary N) is 1. The van der Waals surface area contributed by atoms with Crippen LogP contribution in [-0.2, 0) is 9.53 Å². The van der Waals surface area contributed by atoms with Gasteiger partial charge in [0.05, 0.1) is 12.1 Å². The second-order valence-corrected chi connectivity index (χ2v) is 4.08. The molecule has 2 rings (SSSR count). The average molecular weight is 235 g/mol. The second kappa shape index (κ2) is 5.68. The molecule has 2 aliphatic rings. The van der Waals surface area contributed by atoms with Gasteiger partial charge in [0, 0.05) is 20.2 Å². The van der Waals surface area contributed by atoms with Gasteiger partial charge < -0.3 is 15.0 Å². The molecule has 4 nitrogen and oxygen atoms in total. The van der Waals surface area contributed by atoms with Crippen molar-refractivity contribution in [1.82, 2.24) is 10.2 Å². The number of likely N-dealkylation sites (tertiary alicyclic amines) is 1. The lowest BCUT2D eigenvalue weighted by atomic mass is 10.2. The molecule has 15 heavy (non-hydrogen) atoms. The zero-order valence-electron chi connectivity index (χ0n) is 9.07. The monoisotopic (exact) mass is 234 g/mol.